The van der Waals surface area contributed by atoms with E-state index >= 15 is 0 Å². The van der Waals surface area contributed by atoms with Gasteiger partial charge in [-0.05, 0) is 48.2 Å². The molecule has 7 nitrogen and oxygen atoms in total. The van der Waals surface area contributed by atoms with Crippen molar-refractivity contribution in [1.82, 2.24) is 14.7 Å². The second kappa shape index (κ2) is 9.81. The molecule has 190 valence electrons. The highest BCUT2D eigenvalue weighted by atomic mass is 19.3. The van der Waals surface area contributed by atoms with Gasteiger partial charge in [0.1, 0.15) is 5.75 Å². The molecule has 1 aliphatic rings. The summed E-state index contributed by atoms with van der Waals surface area (Å²) in [5, 5.41) is 5.09. The monoisotopic (exact) mass is 497 g/mol. The molecule has 9 heteroatoms. The van der Waals surface area contributed by atoms with Crippen LogP contribution in [-0.2, 0) is 16.0 Å². The standard InChI is InChI=1S/C27H29F2N3O4/c1-16-12-21-19(9-10-23-22(21)14-30-32(23)17(2)33)26(31(16)15-27(3,28)29)20-8-6-18(13-24(20)35-4)7-11-25(34)36-5/h6-11,13-14,16,26H,12,15H2,1-5H3/b11-7+/t16-,26+/m1/s1. The minimum atomic E-state index is -2.91. The summed E-state index contributed by atoms with van der Waals surface area (Å²) in [6.07, 6.45) is 5.11. The third kappa shape index (κ3) is 4.88. The Morgan fingerprint density at radius 2 is 1.92 bits per heavy atom. The zero-order valence-corrected chi connectivity index (χ0v) is 20.9. The minimum Gasteiger partial charge on any atom is -0.496 e. The number of halogens is 2. The number of hydrogen-bond donors (Lipinski definition) is 0. The van der Waals surface area contributed by atoms with Crippen LogP contribution in [0.5, 0.6) is 5.75 Å². The van der Waals surface area contributed by atoms with Crippen LogP contribution in [0.3, 0.4) is 0 Å². The van der Waals surface area contributed by atoms with Crippen molar-refractivity contribution in [2.45, 2.75) is 45.2 Å². The summed E-state index contributed by atoms with van der Waals surface area (Å²) in [6, 6.07) is 8.38. The molecule has 36 heavy (non-hydrogen) atoms. The maximum absolute atomic E-state index is 14.4. The number of carbonyl (C=O) groups is 2. The first-order valence-electron chi connectivity index (χ1n) is 11.6. The van der Waals surface area contributed by atoms with Crippen LogP contribution in [-0.4, -0.2) is 59.3 Å². The fourth-order valence-electron chi connectivity index (χ4n) is 4.96. The molecule has 4 rings (SSSR count). The number of fused-ring (bicyclic) bond motifs is 3. The van der Waals surface area contributed by atoms with Gasteiger partial charge in [-0.3, -0.25) is 9.69 Å². The van der Waals surface area contributed by atoms with Gasteiger partial charge in [0.2, 0.25) is 5.91 Å². The zero-order chi connectivity index (χ0) is 26.2. The number of alkyl halides is 2. The first-order valence-corrected chi connectivity index (χ1v) is 11.6. The first kappa shape index (κ1) is 25.5. The Hall–Kier alpha value is -3.59. The van der Waals surface area contributed by atoms with Gasteiger partial charge >= 0.3 is 5.97 Å². The molecule has 0 N–H and O–H groups in total. The van der Waals surface area contributed by atoms with Crippen LogP contribution in [0.25, 0.3) is 17.0 Å². The van der Waals surface area contributed by atoms with Crippen molar-refractivity contribution in [2.75, 3.05) is 20.8 Å². The van der Waals surface area contributed by atoms with Crippen molar-refractivity contribution in [3.05, 3.63) is 64.9 Å². The van der Waals surface area contributed by atoms with E-state index in [9.17, 15) is 18.4 Å². The molecule has 0 aliphatic carbocycles. The van der Waals surface area contributed by atoms with E-state index < -0.39 is 24.5 Å². The quantitative estimate of drug-likeness (QED) is 0.357. The van der Waals surface area contributed by atoms with Crippen molar-refractivity contribution in [1.29, 1.82) is 0 Å². The molecule has 0 saturated carbocycles. The van der Waals surface area contributed by atoms with Crippen molar-refractivity contribution in [2.24, 2.45) is 0 Å². The van der Waals surface area contributed by atoms with E-state index in [0.717, 1.165) is 29.0 Å². The van der Waals surface area contributed by atoms with Crippen LogP contribution >= 0.6 is 0 Å². The van der Waals surface area contributed by atoms with Crippen molar-refractivity contribution in [3.8, 4) is 5.75 Å². The van der Waals surface area contributed by atoms with Crippen molar-refractivity contribution in [3.63, 3.8) is 0 Å². The maximum atomic E-state index is 14.4. The van der Waals surface area contributed by atoms with Crippen LogP contribution in [0.15, 0.2) is 42.6 Å². The van der Waals surface area contributed by atoms with Crippen LogP contribution in [0.2, 0.25) is 0 Å². The lowest BCUT2D eigenvalue weighted by Gasteiger charge is -2.43. The van der Waals surface area contributed by atoms with Crippen LogP contribution in [0.1, 0.15) is 53.9 Å². The Morgan fingerprint density at radius 1 is 1.19 bits per heavy atom. The Bertz CT molecular complexity index is 1340. The van der Waals surface area contributed by atoms with E-state index in [-0.39, 0.29) is 11.9 Å². The number of hydrogen-bond acceptors (Lipinski definition) is 6. The van der Waals surface area contributed by atoms with E-state index in [2.05, 4.69) is 9.84 Å². The molecule has 0 spiro atoms. The molecule has 0 fully saturated rings. The molecular weight excluding hydrogens is 468 g/mol. The van der Waals surface area contributed by atoms with E-state index in [4.69, 9.17) is 4.74 Å². The third-order valence-electron chi connectivity index (χ3n) is 6.52. The highest BCUT2D eigenvalue weighted by Crippen LogP contribution is 2.44. The smallest absolute Gasteiger partial charge is 0.330 e. The molecule has 2 heterocycles. The second-order valence-electron chi connectivity index (χ2n) is 9.20. The van der Waals surface area contributed by atoms with Gasteiger partial charge in [-0.25, -0.2) is 18.3 Å². The summed E-state index contributed by atoms with van der Waals surface area (Å²) in [7, 11) is 2.83. The Kier molecular flexibility index (Phi) is 6.95. The number of aromatic nitrogens is 2. The van der Waals surface area contributed by atoms with E-state index in [1.807, 2.05) is 31.2 Å². The number of carbonyl (C=O) groups excluding carboxylic acids is 2. The van der Waals surface area contributed by atoms with Gasteiger partial charge < -0.3 is 9.47 Å². The molecule has 2 aromatic carbocycles. The minimum absolute atomic E-state index is 0.199. The Balaban J connectivity index is 1.90. The van der Waals surface area contributed by atoms with Crippen LogP contribution < -0.4 is 4.74 Å². The lowest BCUT2D eigenvalue weighted by molar-refractivity contribution is -0.134. The third-order valence-corrected chi connectivity index (χ3v) is 6.52. The average Bonchev–Trinajstić information content (AvgIpc) is 3.27. The Morgan fingerprint density at radius 3 is 2.56 bits per heavy atom. The SMILES string of the molecule is COC(=O)/C=C/c1ccc([C@@H]2c3ccc4c(cnn4C(C)=O)c3C[C@@H](C)N2CC(C)(F)F)c(OC)c1. The number of esters is 1. The molecule has 0 bridgehead atoms. The summed E-state index contributed by atoms with van der Waals surface area (Å²) in [4.78, 5) is 25.3. The zero-order valence-electron chi connectivity index (χ0n) is 20.9. The van der Waals surface area contributed by atoms with Crippen molar-refractivity contribution >= 4 is 28.9 Å². The predicted molar refractivity (Wildman–Crippen MR) is 132 cm³/mol. The number of rotatable bonds is 6. The molecule has 2 atom stereocenters. The average molecular weight is 498 g/mol. The summed E-state index contributed by atoms with van der Waals surface area (Å²) in [6.45, 7) is 3.86. The molecule has 0 saturated heterocycles. The molecule has 0 radical (unpaired) electrons. The van der Waals surface area contributed by atoms with Crippen LogP contribution in [0.4, 0.5) is 8.78 Å². The summed E-state index contributed by atoms with van der Waals surface area (Å²) in [5.41, 5.74) is 3.96. The molecule has 0 unspecified atom stereocenters. The molecule has 3 aromatic rings. The molecular formula is C27H29F2N3O4. The highest BCUT2D eigenvalue weighted by molar-refractivity contribution is 5.92. The Labute approximate surface area is 208 Å². The molecule has 0 amide bonds. The predicted octanol–water partition coefficient (Wildman–Crippen LogP) is 4.88. The van der Waals surface area contributed by atoms with Crippen molar-refractivity contribution < 1.29 is 27.8 Å². The highest BCUT2D eigenvalue weighted by Gasteiger charge is 2.40. The fraction of sp³-hybridized carbons (Fsp3) is 0.370. The lowest BCUT2D eigenvalue weighted by Crippen LogP contribution is -2.47. The number of methoxy groups -OCH3 is 2. The van der Waals surface area contributed by atoms with Gasteiger partial charge in [0.15, 0.2) is 0 Å². The fourth-order valence-corrected chi connectivity index (χ4v) is 4.96. The van der Waals surface area contributed by atoms with Gasteiger partial charge in [0, 0.05) is 36.9 Å². The van der Waals surface area contributed by atoms with E-state index in [1.54, 1.807) is 23.2 Å². The van der Waals surface area contributed by atoms with Gasteiger partial charge in [-0.2, -0.15) is 5.10 Å². The summed E-state index contributed by atoms with van der Waals surface area (Å²) in [5.74, 6) is -3.09. The number of benzene rings is 2. The van der Waals surface area contributed by atoms with Gasteiger partial charge in [-0.1, -0.05) is 18.2 Å². The van der Waals surface area contributed by atoms with E-state index in [1.165, 1.54) is 31.9 Å². The second-order valence-corrected chi connectivity index (χ2v) is 9.20. The van der Waals surface area contributed by atoms with E-state index in [0.29, 0.717) is 23.3 Å². The number of nitrogens with zero attached hydrogens (tertiary/aromatic N) is 3. The van der Waals surface area contributed by atoms with Gasteiger partial charge in [0.05, 0.1) is 38.5 Å². The normalized spacial score (nSPS) is 18.4. The maximum Gasteiger partial charge on any atom is 0.330 e. The molecule has 1 aliphatic heterocycles. The first-order chi connectivity index (χ1) is 17.0. The van der Waals surface area contributed by atoms with Gasteiger partial charge in [0.25, 0.3) is 5.92 Å². The number of ether oxygens (including phenoxy) is 2. The molecule has 1 aromatic heterocycles. The van der Waals surface area contributed by atoms with Crippen LogP contribution in [0, 0.1) is 0 Å². The topological polar surface area (TPSA) is 73.7 Å². The largest absolute Gasteiger partial charge is 0.496 e. The summed E-state index contributed by atoms with van der Waals surface area (Å²) >= 11 is 0. The van der Waals surface area contributed by atoms with Gasteiger partial charge in [-0.15, -0.1) is 0 Å². The summed E-state index contributed by atoms with van der Waals surface area (Å²) < 4.78 is 40.4. The lowest BCUT2D eigenvalue weighted by atomic mass is 9.82.